The molecule has 0 fully saturated rings. The number of methoxy groups -OCH3 is 1. The standard InChI is InChI=1S/C9H13NO3/c1-6-4-5-8(13-6)7(2)10-9(11)12-3/h4-5,7H,1-3H3,(H,10,11). The van der Waals surface area contributed by atoms with Crippen molar-refractivity contribution in [3.63, 3.8) is 0 Å². The maximum absolute atomic E-state index is 10.8. The lowest BCUT2D eigenvalue weighted by Crippen LogP contribution is -2.25. The van der Waals surface area contributed by atoms with Gasteiger partial charge in [-0.3, -0.25) is 0 Å². The number of aryl methyl sites for hydroxylation is 1. The molecule has 0 aromatic carbocycles. The van der Waals surface area contributed by atoms with E-state index in [0.29, 0.717) is 0 Å². The lowest BCUT2D eigenvalue weighted by atomic mass is 10.2. The molecule has 13 heavy (non-hydrogen) atoms. The first-order valence-electron chi connectivity index (χ1n) is 4.04. The van der Waals surface area contributed by atoms with Crippen LogP contribution in [-0.4, -0.2) is 13.2 Å². The zero-order valence-corrected chi connectivity index (χ0v) is 7.96. The van der Waals surface area contributed by atoms with Gasteiger partial charge < -0.3 is 14.5 Å². The summed E-state index contributed by atoms with van der Waals surface area (Å²) in [7, 11) is 1.33. The maximum atomic E-state index is 10.8. The lowest BCUT2D eigenvalue weighted by Gasteiger charge is -2.09. The molecule has 1 unspecified atom stereocenters. The van der Waals surface area contributed by atoms with Gasteiger partial charge in [-0.2, -0.15) is 0 Å². The molecule has 4 heteroatoms. The number of carbonyl (C=O) groups excluding carboxylic acids is 1. The molecule has 1 aromatic rings. The third kappa shape index (κ3) is 2.50. The van der Waals surface area contributed by atoms with E-state index in [9.17, 15) is 4.79 Å². The van der Waals surface area contributed by atoms with Crippen LogP contribution in [0.15, 0.2) is 16.5 Å². The zero-order chi connectivity index (χ0) is 9.84. The normalized spacial score (nSPS) is 12.2. The Bertz CT molecular complexity index is 293. The molecule has 1 aromatic heterocycles. The van der Waals surface area contributed by atoms with Crippen molar-refractivity contribution in [2.75, 3.05) is 7.11 Å². The van der Waals surface area contributed by atoms with Crippen molar-refractivity contribution in [1.82, 2.24) is 5.32 Å². The minimum atomic E-state index is -0.457. The van der Waals surface area contributed by atoms with Crippen molar-refractivity contribution >= 4 is 6.09 Å². The highest BCUT2D eigenvalue weighted by Gasteiger charge is 2.11. The van der Waals surface area contributed by atoms with Crippen molar-refractivity contribution in [2.24, 2.45) is 0 Å². The van der Waals surface area contributed by atoms with Crippen LogP contribution in [0.2, 0.25) is 0 Å². The summed E-state index contributed by atoms with van der Waals surface area (Å²) in [5.74, 6) is 1.55. The molecule has 0 aliphatic heterocycles. The van der Waals surface area contributed by atoms with Crippen LogP contribution < -0.4 is 5.32 Å². The SMILES string of the molecule is COC(=O)NC(C)c1ccc(C)o1. The van der Waals surface area contributed by atoms with Crippen LogP contribution in [0.25, 0.3) is 0 Å². The second-order valence-corrected chi connectivity index (χ2v) is 2.81. The summed E-state index contributed by atoms with van der Waals surface area (Å²) in [6, 6.07) is 3.52. The zero-order valence-electron chi connectivity index (χ0n) is 7.96. The van der Waals surface area contributed by atoms with Gasteiger partial charge in [-0.15, -0.1) is 0 Å². The number of nitrogens with one attached hydrogen (secondary N) is 1. The van der Waals surface area contributed by atoms with Gasteiger partial charge in [0.15, 0.2) is 0 Å². The van der Waals surface area contributed by atoms with Gasteiger partial charge in [0.05, 0.1) is 13.2 Å². The van der Waals surface area contributed by atoms with E-state index in [1.54, 1.807) is 0 Å². The molecular formula is C9H13NO3. The molecule has 4 nitrogen and oxygen atoms in total. The average Bonchev–Trinajstić information content (AvgIpc) is 2.51. The molecule has 0 saturated carbocycles. The van der Waals surface area contributed by atoms with Crippen LogP contribution >= 0.6 is 0 Å². The molecule has 1 rings (SSSR count). The van der Waals surface area contributed by atoms with E-state index in [1.807, 2.05) is 26.0 Å². The molecule has 0 aliphatic rings. The number of rotatable bonds is 2. The average molecular weight is 183 g/mol. The van der Waals surface area contributed by atoms with Crippen LogP contribution in [-0.2, 0) is 4.74 Å². The Morgan fingerprint density at radius 1 is 1.62 bits per heavy atom. The van der Waals surface area contributed by atoms with Gasteiger partial charge in [-0.1, -0.05) is 0 Å². The Kier molecular flexibility index (Phi) is 2.95. The summed E-state index contributed by atoms with van der Waals surface area (Å²) in [6.45, 7) is 3.68. The Morgan fingerprint density at radius 3 is 2.77 bits per heavy atom. The Hall–Kier alpha value is -1.45. The van der Waals surface area contributed by atoms with E-state index in [4.69, 9.17) is 4.42 Å². The van der Waals surface area contributed by atoms with E-state index in [0.717, 1.165) is 11.5 Å². The van der Waals surface area contributed by atoms with Gasteiger partial charge in [0.25, 0.3) is 0 Å². The van der Waals surface area contributed by atoms with Crippen LogP contribution in [0.3, 0.4) is 0 Å². The van der Waals surface area contributed by atoms with Crippen LogP contribution in [0.5, 0.6) is 0 Å². The van der Waals surface area contributed by atoms with Crippen LogP contribution in [0, 0.1) is 6.92 Å². The van der Waals surface area contributed by atoms with Crippen molar-refractivity contribution in [1.29, 1.82) is 0 Å². The molecule has 1 amide bonds. The van der Waals surface area contributed by atoms with Gasteiger partial charge in [0.2, 0.25) is 0 Å². The number of hydrogen-bond acceptors (Lipinski definition) is 3. The molecule has 0 saturated heterocycles. The van der Waals surface area contributed by atoms with Gasteiger partial charge >= 0.3 is 6.09 Å². The highest BCUT2D eigenvalue weighted by molar-refractivity contribution is 5.67. The summed E-state index contributed by atoms with van der Waals surface area (Å²) in [5.41, 5.74) is 0. The van der Waals surface area contributed by atoms with E-state index < -0.39 is 6.09 Å². The molecule has 0 aliphatic carbocycles. The molecule has 1 N–H and O–H groups in total. The van der Waals surface area contributed by atoms with E-state index in [2.05, 4.69) is 10.1 Å². The number of furan rings is 1. The van der Waals surface area contributed by atoms with Gasteiger partial charge in [0.1, 0.15) is 11.5 Å². The molecule has 1 atom stereocenters. The quantitative estimate of drug-likeness (QED) is 0.762. The minimum absolute atomic E-state index is 0.166. The Labute approximate surface area is 76.9 Å². The fourth-order valence-corrected chi connectivity index (χ4v) is 0.993. The van der Waals surface area contributed by atoms with E-state index >= 15 is 0 Å². The fraction of sp³-hybridized carbons (Fsp3) is 0.444. The molecule has 0 bridgehead atoms. The first-order chi connectivity index (χ1) is 6.13. The van der Waals surface area contributed by atoms with Crippen molar-refractivity contribution in [2.45, 2.75) is 19.9 Å². The summed E-state index contributed by atoms with van der Waals surface area (Å²) in [6.07, 6.45) is -0.457. The summed E-state index contributed by atoms with van der Waals surface area (Å²) < 4.78 is 9.78. The van der Waals surface area contributed by atoms with Crippen LogP contribution in [0.1, 0.15) is 24.5 Å². The topological polar surface area (TPSA) is 51.5 Å². The van der Waals surface area contributed by atoms with E-state index in [-0.39, 0.29) is 6.04 Å². The molecule has 1 heterocycles. The van der Waals surface area contributed by atoms with Gasteiger partial charge in [-0.25, -0.2) is 4.79 Å². The first-order valence-corrected chi connectivity index (χ1v) is 4.04. The highest BCUT2D eigenvalue weighted by Crippen LogP contribution is 2.15. The summed E-state index contributed by atoms with van der Waals surface area (Å²) >= 11 is 0. The van der Waals surface area contributed by atoms with Crippen molar-refractivity contribution in [3.8, 4) is 0 Å². The minimum Gasteiger partial charge on any atom is -0.464 e. The molecule has 72 valence electrons. The monoisotopic (exact) mass is 183 g/mol. The molecule has 0 radical (unpaired) electrons. The predicted octanol–water partition coefficient (Wildman–Crippen LogP) is 2.01. The van der Waals surface area contributed by atoms with Gasteiger partial charge in [0, 0.05) is 0 Å². The summed E-state index contributed by atoms with van der Waals surface area (Å²) in [4.78, 5) is 10.8. The first kappa shape index (κ1) is 9.64. The third-order valence-electron chi connectivity index (χ3n) is 1.71. The number of amides is 1. The maximum Gasteiger partial charge on any atom is 0.407 e. The molecule has 0 spiro atoms. The second kappa shape index (κ2) is 3.98. The Morgan fingerprint density at radius 2 is 2.31 bits per heavy atom. The number of hydrogen-bond donors (Lipinski definition) is 1. The number of ether oxygens (including phenoxy) is 1. The smallest absolute Gasteiger partial charge is 0.407 e. The van der Waals surface area contributed by atoms with Crippen molar-refractivity contribution < 1.29 is 13.9 Å². The van der Waals surface area contributed by atoms with Crippen molar-refractivity contribution in [3.05, 3.63) is 23.7 Å². The summed E-state index contributed by atoms with van der Waals surface area (Å²) in [5, 5.41) is 2.60. The second-order valence-electron chi connectivity index (χ2n) is 2.81. The predicted molar refractivity (Wildman–Crippen MR) is 47.4 cm³/mol. The number of carbonyl (C=O) groups is 1. The molecular weight excluding hydrogens is 170 g/mol. The largest absolute Gasteiger partial charge is 0.464 e. The Balaban J connectivity index is 2.58. The third-order valence-corrected chi connectivity index (χ3v) is 1.71. The van der Waals surface area contributed by atoms with Gasteiger partial charge in [-0.05, 0) is 26.0 Å². The lowest BCUT2D eigenvalue weighted by molar-refractivity contribution is 0.166. The van der Waals surface area contributed by atoms with Crippen LogP contribution in [0.4, 0.5) is 4.79 Å². The number of alkyl carbamates (subject to hydrolysis) is 1. The highest BCUT2D eigenvalue weighted by atomic mass is 16.5. The van der Waals surface area contributed by atoms with E-state index in [1.165, 1.54) is 7.11 Å². The fourth-order valence-electron chi connectivity index (χ4n) is 0.993.